The molecule has 0 amide bonds. The maximum Gasteiger partial charge on any atom is 0.106 e. The van der Waals surface area contributed by atoms with Crippen molar-refractivity contribution in [3.05, 3.63) is 34.0 Å². The molecule has 0 fully saturated rings. The highest BCUT2D eigenvalue weighted by Gasteiger charge is 1.96. The molecule has 0 unspecified atom stereocenters. The molecule has 0 saturated carbocycles. The van der Waals surface area contributed by atoms with Gasteiger partial charge in [-0.3, -0.25) is 0 Å². The van der Waals surface area contributed by atoms with Crippen molar-refractivity contribution < 1.29 is 0 Å². The lowest BCUT2D eigenvalue weighted by Gasteiger charge is -1.95. The van der Waals surface area contributed by atoms with Crippen LogP contribution in [0.5, 0.6) is 0 Å². The molecule has 1 aromatic heterocycles. The topological polar surface area (TPSA) is 25.8 Å². The Balaban J connectivity index is 2.91. The monoisotopic (exact) mass is 256 g/mol. The highest BCUT2D eigenvalue weighted by atomic mass is 127. The number of benzene rings is 1. The van der Waals surface area contributed by atoms with Gasteiger partial charge in [-0.25, -0.2) is 0 Å². The Kier molecular flexibility index (Phi) is 1.73. The fraction of sp³-hybridized carbons (Fsp3) is 0. The van der Waals surface area contributed by atoms with Crippen LogP contribution < -0.4 is 0 Å². The van der Waals surface area contributed by atoms with E-state index in [0.717, 1.165) is 14.5 Å². The molecule has 54 valence electrons. The second-order valence-electron chi connectivity index (χ2n) is 2.21. The number of hydrogen-bond donors (Lipinski definition) is 0. The van der Waals surface area contributed by atoms with Gasteiger partial charge in [-0.15, -0.1) is 5.10 Å². The first-order valence-electron chi connectivity index (χ1n) is 3.24. The fourth-order valence-electron chi connectivity index (χ4n) is 0.977. The van der Waals surface area contributed by atoms with Gasteiger partial charge in [-0.05, 0) is 34.7 Å². The Bertz CT molecular complexity index is 381. The zero-order valence-electron chi connectivity index (χ0n) is 5.66. The zero-order valence-corrected chi connectivity index (χ0v) is 7.82. The molecule has 2 rings (SSSR count). The maximum atomic E-state index is 4.02. The van der Waals surface area contributed by atoms with Crippen LogP contribution in [-0.2, 0) is 0 Å². The van der Waals surface area contributed by atoms with Crippen molar-refractivity contribution in [1.29, 1.82) is 0 Å². The standard InChI is InChI=1S/C8H5IN2/c9-7-3-1-2-6-4-5-10-11-8(6)7/h1-5H. The van der Waals surface area contributed by atoms with Crippen LogP contribution in [0.2, 0.25) is 0 Å². The van der Waals surface area contributed by atoms with Gasteiger partial charge in [0, 0.05) is 8.96 Å². The van der Waals surface area contributed by atoms with Crippen molar-refractivity contribution in [2.45, 2.75) is 0 Å². The SMILES string of the molecule is Ic1cccc2ccnnc12. The molecule has 0 bridgehead atoms. The first kappa shape index (κ1) is 6.97. The van der Waals surface area contributed by atoms with E-state index in [1.54, 1.807) is 6.20 Å². The molecule has 0 aliphatic heterocycles. The van der Waals surface area contributed by atoms with Crippen LogP contribution in [0.25, 0.3) is 10.9 Å². The van der Waals surface area contributed by atoms with E-state index >= 15 is 0 Å². The highest BCUT2D eigenvalue weighted by molar-refractivity contribution is 14.1. The van der Waals surface area contributed by atoms with Crippen molar-refractivity contribution >= 4 is 33.5 Å². The lowest BCUT2D eigenvalue weighted by atomic mass is 10.2. The molecule has 0 saturated heterocycles. The summed E-state index contributed by atoms with van der Waals surface area (Å²) < 4.78 is 1.15. The summed E-state index contributed by atoms with van der Waals surface area (Å²) in [5.41, 5.74) is 0.982. The predicted molar refractivity (Wildman–Crippen MR) is 52.3 cm³/mol. The molecule has 0 aliphatic carbocycles. The van der Waals surface area contributed by atoms with E-state index in [1.165, 1.54) is 0 Å². The summed E-state index contributed by atoms with van der Waals surface area (Å²) in [6.45, 7) is 0. The van der Waals surface area contributed by atoms with Gasteiger partial charge in [0.2, 0.25) is 0 Å². The maximum absolute atomic E-state index is 4.02. The van der Waals surface area contributed by atoms with E-state index in [9.17, 15) is 0 Å². The third kappa shape index (κ3) is 1.20. The van der Waals surface area contributed by atoms with Crippen LogP contribution in [-0.4, -0.2) is 10.2 Å². The molecule has 0 N–H and O–H groups in total. The fourth-order valence-corrected chi connectivity index (χ4v) is 1.60. The molecule has 3 heteroatoms. The van der Waals surface area contributed by atoms with Gasteiger partial charge in [0.05, 0.1) is 6.20 Å². The Morgan fingerprint density at radius 3 is 2.91 bits per heavy atom. The minimum absolute atomic E-state index is 0.982. The number of nitrogens with zero attached hydrogens (tertiary/aromatic N) is 2. The molecule has 2 nitrogen and oxygen atoms in total. The zero-order chi connectivity index (χ0) is 7.68. The van der Waals surface area contributed by atoms with E-state index < -0.39 is 0 Å². The molecule has 2 aromatic rings. The third-order valence-electron chi connectivity index (χ3n) is 1.50. The smallest absolute Gasteiger partial charge is 0.106 e. The number of halogens is 1. The highest BCUT2D eigenvalue weighted by Crippen LogP contribution is 2.15. The summed E-state index contributed by atoms with van der Waals surface area (Å²) in [6.07, 6.45) is 1.71. The summed E-state index contributed by atoms with van der Waals surface area (Å²) in [4.78, 5) is 0. The summed E-state index contributed by atoms with van der Waals surface area (Å²) in [5, 5.41) is 8.99. The van der Waals surface area contributed by atoms with Crippen LogP contribution in [0.15, 0.2) is 30.5 Å². The first-order chi connectivity index (χ1) is 5.38. The lowest BCUT2D eigenvalue weighted by molar-refractivity contribution is 1.07. The van der Waals surface area contributed by atoms with E-state index in [-0.39, 0.29) is 0 Å². The first-order valence-corrected chi connectivity index (χ1v) is 4.32. The summed E-state index contributed by atoms with van der Waals surface area (Å²) >= 11 is 2.26. The van der Waals surface area contributed by atoms with Gasteiger partial charge in [0.25, 0.3) is 0 Å². The van der Waals surface area contributed by atoms with Crippen LogP contribution in [0.4, 0.5) is 0 Å². The Morgan fingerprint density at radius 1 is 1.18 bits per heavy atom. The molecule has 1 heterocycles. The minimum Gasteiger partial charge on any atom is -0.158 e. The van der Waals surface area contributed by atoms with Crippen molar-refractivity contribution in [3.63, 3.8) is 0 Å². The van der Waals surface area contributed by atoms with Crippen molar-refractivity contribution in [3.8, 4) is 0 Å². The van der Waals surface area contributed by atoms with Crippen molar-refractivity contribution in [2.24, 2.45) is 0 Å². The van der Waals surface area contributed by atoms with Crippen LogP contribution in [0.1, 0.15) is 0 Å². The van der Waals surface area contributed by atoms with Gasteiger partial charge in [-0.1, -0.05) is 12.1 Å². The minimum atomic E-state index is 0.982. The normalized spacial score (nSPS) is 10.3. The molecular weight excluding hydrogens is 251 g/mol. The van der Waals surface area contributed by atoms with Crippen LogP contribution >= 0.6 is 22.6 Å². The van der Waals surface area contributed by atoms with Gasteiger partial charge in [-0.2, -0.15) is 5.10 Å². The average molecular weight is 256 g/mol. The number of hydrogen-bond acceptors (Lipinski definition) is 2. The van der Waals surface area contributed by atoms with Gasteiger partial charge < -0.3 is 0 Å². The van der Waals surface area contributed by atoms with Gasteiger partial charge >= 0.3 is 0 Å². The third-order valence-corrected chi connectivity index (χ3v) is 2.37. The van der Waals surface area contributed by atoms with Gasteiger partial charge in [0.15, 0.2) is 0 Å². The molecule has 0 spiro atoms. The number of fused-ring (bicyclic) bond motifs is 1. The van der Waals surface area contributed by atoms with E-state index in [4.69, 9.17) is 0 Å². The quantitative estimate of drug-likeness (QED) is 0.675. The average Bonchev–Trinajstić information content (AvgIpc) is 2.06. The van der Waals surface area contributed by atoms with E-state index in [1.807, 2.05) is 24.3 Å². The van der Waals surface area contributed by atoms with Gasteiger partial charge in [0.1, 0.15) is 5.52 Å². The lowest BCUT2D eigenvalue weighted by Crippen LogP contribution is -1.84. The summed E-state index contributed by atoms with van der Waals surface area (Å²) in [7, 11) is 0. The molecule has 0 radical (unpaired) electrons. The van der Waals surface area contributed by atoms with E-state index in [0.29, 0.717) is 0 Å². The van der Waals surface area contributed by atoms with E-state index in [2.05, 4.69) is 32.8 Å². The summed E-state index contributed by atoms with van der Waals surface area (Å²) in [6, 6.07) is 8.04. The molecule has 1 aromatic carbocycles. The Labute approximate surface area is 77.8 Å². The molecule has 0 aliphatic rings. The number of aromatic nitrogens is 2. The Morgan fingerprint density at radius 2 is 2.09 bits per heavy atom. The Hall–Kier alpha value is -0.710. The van der Waals surface area contributed by atoms with Crippen molar-refractivity contribution in [1.82, 2.24) is 10.2 Å². The predicted octanol–water partition coefficient (Wildman–Crippen LogP) is 2.23. The van der Waals surface area contributed by atoms with Crippen LogP contribution in [0, 0.1) is 3.57 Å². The largest absolute Gasteiger partial charge is 0.158 e. The van der Waals surface area contributed by atoms with Crippen LogP contribution in [0.3, 0.4) is 0 Å². The molecular formula is C8H5IN2. The summed E-state index contributed by atoms with van der Waals surface area (Å²) in [5.74, 6) is 0. The second kappa shape index (κ2) is 2.73. The number of rotatable bonds is 0. The molecule has 0 atom stereocenters. The second-order valence-corrected chi connectivity index (χ2v) is 3.37. The molecule has 11 heavy (non-hydrogen) atoms. The van der Waals surface area contributed by atoms with Crippen molar-refractivity contribution in [2.75, 3.05) is 0 Å².